The fourth-order valence-corrected chi connectivity index (χ4v) is 3.24. The van der Waals surface area contributed by atoms with Crippen LogP contribution < -0.4 is 4.74 Å². The van der Waals surface area contributed by atoms with Crippen LogP contribution >= 0.6 is 11.3 Å². The lowest BCUT2D eigenvalue weighted by Crippen LogP contribution is -2.22. The summed E-state index contributed by atoms with van der Waals surface area (Å²) in [6.45, 7) is 6.17. The van der Waals surface area contributed by atoms with Gasteiger partial charge in [-0.05, 0) is 18.2 Å². The Morgan fingerprint density at radius 2 is 2.09 bits per heavy atom. The zero-order valence-corrected chi connectivity index (χ0v) is 14.1. The highest BCUT2D eigenvalue weighted by atomic mass is 32.1. The van der Waals surface area contributed by atoms with Crippen LogP contribution in [-0.2, 0) is 13.1 Å². The van der Waals surface area contributed by atoms with E-state index in [9.17, 15) is 0 Å². The van der Waals surface area contributed by atoms with E-state index < -0.39 is 0 Å². The molecule has 120 valence electrons. The molecule has 0 unspecified atom stereocenters. The summed E-state index contributed by atoms with van der Waals surface area (Å²) in [5.74, 6) is 6.53. The highest BCUT2D eigenvalue weighted by Gasteiger charge is 2.10. The number of nitrogens with zero attached hydrogens (tertiary/aromatic N) is 1. The molecule has 1 N–H and O–H groups in total. The molecule has 0 spiro atoms. The molecule has 0 atom stereocenters. The first-order valence-corrected chi connectivity index (χ1v) is 8.22. The zero-order chi connectivity index (χ0) is 16.5. The zero-order valence-electron chi connectivity index (χ0n) is 13.3. The monoisotopic (exact) mass is 327 g/mol. The number of benzene rings is 1. The van der Waals surface area contributed by atoms with E-state index in [0.29, 0.717) is 0 Å². The van der Waals surface area contributed by atoms with Crippen molar-refractivity contribution in [1.29, 1.82) is 0 Å². The van der Waals surface area contributed by atoms with Crippen LogP contribution in [0, 0.1) is 11.8 Å². The Labute approximate surface area is 141 Å². The van der Waals surface area contributed by atoms with Crippen molar-refractivity contribution in [2.45, 2.75) is 13.1 Å². The summed E-state index contributed by atoms with van der Waals surface area (Å²) in [7, 11) is 1.70. The molecule has 1 aromatic carbocycles. The Morgan fingerprint density at radius 1 is 1.26 bits per heavy atom. The molecule has 1 aromatic heterocycles. The number of para-hydroxylation sites is 1. The van der Waals surface area contributed by atoms with Gasteiger partial charge in [-0.15, -0.1) is 17.9 Å². The highest BCUT2D eigenvalue weighted by Crippen LogP contribution is 2.22. The van der Waals surface area contributed by atoms with Gasteiger partial charge >= 0.3 is 0 Å². The van der Waals surface area contributed by atoms with Gasteiger partial charge in [-0.25, -0.2) is 0 Å². The number of ether oxygens (including phenoxy) is 1. The van der Waals surface area contributed by atoms with Crippen molar-refractivity contribution >= 4 is 11.3 Å². The first-order chi connectivity index (χ1) is 11.3. The van der Waals surface area contributed by atoms with E-state index in [1.54, 1.807) is 18.4 Å². The maximum atomic E-state index is 8.76. The molecule has 0 aliphatic heterocycles. The van der Waals surface area contributed by atoms with Gasteiger partial charge in [0.25, 0.3) is 0 Å². The molecule has 0 radical (unpaired) electrons. The lowest BCUT2D eigenvalue weighted by Gasteiger charge is -2.21. The van der Waals surface area contributed by atoms with Crippen molar-refractivity contribution < 1.29 is 9.84 Å². The fourth-order valence-electron chi connectivity index (χ4n) is 2.32. The summed E-state index contributed by atoms with van der Waals surface area (Å²) < 4.78 is 5.43. The number of aliphatic hydroxyl groups is 1. The Hall–Kier alpha value is -2.06. The Balaban J connectivity index is 2.09. The number of thiophene rings is 1. The summed E-state index contributed by atoms with van der Waals surface area (Å²) in [4.78, 5) is 4.52. The van der Waals surface area contributed by atoms with E-state index >= 15 is 0 Å². The normalized spacial score (nSPS) is 10.2. The van der Waals surface area contributed by atoms with Gasteiger partial charge in [0.05, 0.1) is 12.0 Å². The van der Waals surface area contributed by atoms with E-state index in [1.165, 1.54) is 4.88 Å². The number of rotatable bonds is 7. The van der Waals surface area contributed by atoms with Crippen molar-refractivity contribution in [1.82, 2.24) is 4.90 Å². The number of hydrogen-bond acceptors (Lipinski definition) is 4. The maximum absolute atomic E-state index is 8.76. The van der Waals surface area contributed by atoms with Gasteiger partial charge in [-0.1, -0.05) is 36.1 Å². The fraction of sp³-hybridized carbons (Fsp3) is 0.263. The Kier molecular flexibility index (Phi) is 6.89. The minimum atomic E-state index is -0.108. The molecule has 0 saturated heterocycles. The van der Waals surface area contributed by atoms with Gasteiger partial charge in [0.1, 0.15) is 12.4 Å². The van der Waals surface area contributed by atoms with E-state index in [2.05, 4.69) is 35.5 Å². The number of methoxy groups -OCH3 is 1. The van der Waals surface area contributed by atoms with Crippen molar-refractivity contribution in [3.63, 3.8) is 0 Å². The standard InChI is InChI=1S/C19H21NO2S/c1-3-12-20(14-16-7-4-5-9-19(16)22-2)15-18-11-10-17(23-18)8-6-13-21/h3-5,7,9-11,21H,1,12-15H2,2H3. The molecule has 0 amide bonds. The molecule has 0 saturated carbocycles. The lowest BCUT2D eigenvalue weighted by atomic mass is 10.2. The van der Waals surface area contributed by atoms with Gasteiger partial charge in [0.15, 0.2) is 0 Å². The summed E-state index contributed by atoms with van der Waals surface area (Å²) in [5, 5.41) is 8.76. The topological polar surface area (TPSA) is 32.7 Å². The quantitative estimate of drug-likeness (QED) is 0.626. The van der Waals surface area contributed by atoms with Crippen molar-refractivity contribution in [2.24, 2.45) is 0 Å². The maximum Gasteiger partial charge on any atom is 0.123 e. The Morgan fingerprint density at radius 3 is 2.83 bits per heavy atom. The van der Waals surface area contributed by atoms with E-state index in [-0.39, 0.29) is 6.61 Å². The second-order valence-corrected chi connectivity index (χ2v) is 6.16. The van der Waals surface area contributed by atoms with Gasteiger partial charge in [-0.3, -0.25) is 4.90 Å². The van der Waals surface area contributed by atoms with Crippen molar-refractivity contribution in [2.75, 3.05) is 20.3 Å². The molecule has 2 aromatic rings. The molecule has 1 heterocycles. The van der Waals surface area contributed by atoms with Gasteiger partial charge in [0.2, 0.25) is 0 Å². The molecule has 4 heteroatoms. The first kappa shape index (κ1) is 17.3. The van der Waals surface area contributed by atoms with Crippen LogP contribution in [0.15, 0.2) is 49.1 Å². The van der Waals surface area contributed by atoms with Crippen molar-refractivity contribution in [3.05, 3.63) is 64.4 Å². The van der Waals surface area contributed by atoms with Crippen LogP contribution in [0.4, 0.5) is 0 Å². The smallest absolute Gasteiger partial charge is 0.123 e. The van der Waals surface area contributed by atoms with Crippen LogP contribution in [-0.4, -0.2) is 30.3 Å². The summed E-state index contributed by atoms with van der Waals surface area (Å²) in [6, 6.07) is 12.2. The minimum absolute atomic E-state index is 0.108. The molecule has 0 fully saturated rings. The molecule has 0 aliphatic rings. The van der Waals surface area contributed by atoms with Crippen molar-refractivity contribution in [3.8, 4) is 17.6 Å². The Bertz CT molecular complexity index is 697. The molecule has 0 aliphatic carbocycles. The molecule has 3 nitrogen and oxygen atoms in total. The average Bonchev–Trinajstić information content (AvgIpc) is 3.01. The van der Waals surface area contributed by atoms with Crippen LogP contribution in [0.5, 0.6) is 5.75 Å². The molecule has 0 bridgehead atoms. The number of hydrogen-bond donors (Lipinski definition) is 1. The number of aliphatic hydroxyl groups excluding tert-OH is 1. The second kappa shape index (κ2) is 9.16. The summed E-state index contributed by atoms with van der Waals surface area (Å²) >= 11 is 1.66. The van der Waals surface area contributed by atoms with Gasteiger partial charge in [0, 0.05) is 30.1 Å². The average molecular weight is 327 g/mol. The van der Waals surface area contributed by atoms with E-state index in [4.69, 9.17) is 9.84 Å². The molecule has 23 heavy (non-hydrogen) atoms. The third-order valence-electron chi connectivity index (χ3n) is 3.31. The van der Waals surface area contributed by atoms with Crippen LogP contribution in [0.25, 0.3) is 0 Å². The highest BCUT2D eigenvalue weighted by molar-refractivity contribution is 7.12. The van der Waals surface area contributed by atoms with Gasteiger partial charge < -0.3 is 9.84 Å². The predicted octanol–water partition coefficient (Wildman–Crippen LogP) is 3.29. The largest absolute Gasteiger partial charge is 0.496 e. The van der Waals surface area contributed by atoms with E-state index in [0.717, 1.165) is 35.8 Å². The second-order valence-electron chi connectivity index (χ2n) is 5.00. The molecular weight excluding hydrogens is 306 g/mol. The van der Waals surface area contributed by atoms with E-state index in [1.807, 2.05) is 30.3 Å². The van der Waals surface area contributed by atoms with Crippen LogP contribution in [0.3, 0.4) is 0 Å². The SMILES string of the molecule is C=CCN(Cc1ccc(C#CCO)s1)Cc1ccccc1OC. The predicted molar refractivity (Wildman–Crippen MR) is 95.6 cm³/mol. The summed E-state index contributed by atoms with van der Waals surface area (Å²) in [5.41, 5.74) is 1.16. The first-order valence-electron chi connectivity index (χ1n) is 7.40. The van der Waals surface area contributed by atoms with Crippen LogP contribution in [0.2, 0.25) is 0 Å². The molecular formula is C19H21NO2S. The summed E-state index contributed by atoms with van der Waals surface area (Å²) in [6.07, 6.45) is 1.91. The minimum Gasteiger partial charge on any atom is -0.496 e. The third-order valence-corrected chi connectivity index (χ3v) is 4.29. The van der Waals surface area contributed by atoms with Crippen LogP contribution in [0.1, 0.15) is 15.3 Å². The lowest BCUT2D eigenvalue weighted by molar-refractivity contribution is 0.282. The van der Waals surface area contributed by atoms with Gasteiger partial charge in [-0.2, -0.15) is 0 Å². The molecule has 2 rings (SSSR count). The third kappa shape index (κ3) is 5.26.